The molecule has 0 aromatic carbocycles. The van der Waals surface area contributed by atoms with Crippen molar-refractivity contribution in [1.29, 1.82) is 0 Å². The molecule has 0 aliphatic carbocycles. The molecule has 9 nitrogen and oxygen atoms in total. The Morgan fingerprint density at radius 2 is 1.93 bits per heavy atom. The van der Waals surface area contributed by atoms with Crippen LogP contribution in [-0.4, -0.2) is 51.2 Å². The van der Waals surface area contributed by atoms with E-state index in [1.165, 1.54) is 7.11 Å². The van der Waals surface area contributed by atoms with Gasteiger partial charge in [-0.05, 0) is 26.2 Å². The Bertz CT molecular complexity index is 532. The third kappa shape index (κ3) is 12.6. The van der Waals surface area contributed by atoms with Gasteiger partial charge in [-0.1, -0.05) is 13.8 Å². The van der Waals surface area contributed by atoms with Crippen LogP contribution in [0.4, 0.5) is 4.79 Å². The monoisotopic (exact) mass is 407 g/mol. The zero-order valence-electron chi connectivity index (χ0n) is 16.5. The van der Waals surface area contributed by atoms with E-state index in [-0.39, 0.29) is 25.0 Å². The van der Waals surface area contributed by atoms with Crippen LogP contribution in [-0.2, 0) is 32.6 Å². The Labute approximate surface area is 161 Å². The zero-order chi connectivity index (χ0) is 20.9. The van der Waals surface area contributed by atoms with Crippen molar-refractivity contribution in [3.63, 3.8) is 0 Å². The van der Waals surface area contributed by atoms with Crippen molar-refractivity contribution in [2.24, 2.45) is 5.92 Å². The molecule has 0 aromatic heterocycles. The van der Waals surface area contributed by atoms with Gasteiger partial charge in [0.2, 0.25) is 6.79 Å². The molecule has 10 heteroatoms. The highest BCUT2D eigenvalue weighted by Crippen LogP contribution is 2.44. The normalized spacial score (nSPS) is 15.6. The van der Waals surface area contributed by atoms with Crippen LogP contribution in [0.2, 0.25) is 0 Å². The number of carbonyl (C=O) groups is 2. The van der Waals surface area contributed by atoms with Crippen LogP contribution in [0.25, 0.3) is 0 Å². The molecule has 27 heavy (non-hydrogen) atoms. The fourth-order valence-electron chi connectivity index (χ4n) is 1.85. The summed E-state index contributed by atoms with van der Waals surface area (Å²) in [4.78, 5) is 22.7. The van der Waals surface area contributed by atoms with Gasteiger partial charge < -0.3 is 19.0 Å². The van der Waals surface area contributed by atoms with Crippen molar-refractivity contribution < 1.29 is 37.4 Å². The molecule has 0 saturated carbocycles. The van der Waals surface area contributed by atoms with E-state index in [1.807, 2.05) is 13.8 Å². The average molecular weight is 407 g/mol. The van der Waals surface area contributed by atoms with Gasteiger partial charge in [0.25, 0.3) is 0 Å². The van der Waals surface area contributed by atoms with E-state index in [0.717, 1.165) is 0 Å². The van der Waals surface area contributed by atoms with Crippen molar-refractivity contribution in [3.8, 4) is 12.3 Å². The first-order valence-electron chi connectivity index (χ1n) is 8.57. The third-order valence-corrected chi connectivity index (χ3v) is 4.64. The molecule has 0 heterocycles. The van der Waals surface area contributed by atoms with Gasteiger partial charge in [-0.2, -0.15) is 0 Å². The van der Waals surface area contributed by atoms with E-state index in [0.29, 0.717) is 12.7 Å². The van der Waals surface area contributed by atoms with Crippen molar-refractivity contribution in [2.75, 3.05) is 20.5 Å². The van der Waals surface area contributed by atoms with E-state index in [9.17, 15) is 14.2 Å². The summed E-state index contributed by atoms with van der Waals surface area (Å²) < 4.78 is 38.0. The highest BCUT2D eigenvalue weighted by atomic mass is 31.2. The van der Waals surface area contributed by atoms with Gasteiger partial charge in [0, 0.05) is 13.5 Å². The summed E-state index contributed by atoms with van der Waals surface area (Å²) in [7, 11) is -2.56. The summed E-state index contributed by atoms with van der Waals surface area (Å²) in [6.45, 7) is 6.28. The molecule has 0 aliphatic rings. The lowest BCUT2D eigenvalue weighted by Gasteiger charge is -2.24. The predicted octanol–water partition coefficient (Wildman–Crippen LogP) is 2.89. The minimum Gasteiger partial charge on any atom is -0.432 e. The average Bonchev–Trinajstić information content (AvgIpc) is 2.57. The second kappa shape index (κ2) is 13.7. The summed E-state index contributed by atoms with van der Waals surface area (Å²) in [5, 5.41) is 2.55. The maximum atomic E-state index is 12.9. The summed E-state index contributed by atoms with van der Waals surface area (Å²) in [5.41, 5.74) is 0. The number of methoxy groups -OCH3 is 1. The Balaban J connectivity index is 4.95. The van der Waals surface area contributed by atoms with Gasteiger partial charge in [-0.25, -0.2) is 14.4 Å². The van der Waals surface area contributed by atoms with Crippen LogP contribution in [0, 0.1) is 18.3 Å². The van der Waals surface area contributed by atoms with Crippen LogP contribution in [0.3, 0.4) is 0 Å². The summed E-state index contributed by atoms with van der Waals surface area (Å²) >= 11 is 0. The standard InChI is InChI=1S/C17H30NO8P/c1-7-8-16(22-6)11-24-27(21,18-15(10-19)9-13(2)3)25-12-23-17(20)26-14(4)5/h1,10,13-16H,8-9,11-12H2,2-6H3,(H,18,21)/t15-,16-,27?/m0/s1. The summed E-state index contributed by atoms with van der Waals surface area (Å²) in [5.74, 6) is 2.57. The van der Waals surface area contributed by atoms with Gasteiger partial charge >= 0.3 is 13.9 Å². The molecule has 3 atom stereocenters. The minimum absolute atomic E-state index is 0.144. The van der Waals surface area contributed by atoms with Gasteiger partial charge in [0.15, 0.2) is 0 Å². The molecule has 1 N–H and O–H groups in total. The number of terminal acetylenes is 1. The maximum Gasteiger partial charge on any atom is 0.510 e. The Hall–Kier alpha value is -1.43. The Morgan fingerprint density at radius 1 is 1.26 bits per heavy atom. The van der Waals surface area contributed by atoms with Crippen LogP contribution >= 0.6 is 7.75 Å². The number of carbonyl (C=O) groups excluding carboxylic acids is 2. The second-order valence-electron chi connectivity index (χ2n) is 6.37. The van der Waals surface area contributed by atoms with Gasteiger partial charge in [0.1, 0.15) is 6.29 Å². The fraction of sp³-hybridized carbons (Fsp3) is 0.765. The van der Waals surface area contributed by atoms with Gasteiger partial charge in [0.05, 0.1) is 24.9 Å². The van der Waals surface area contributed by atoms with Crippen molar-refractivity contribution in [1.82, 2.24) is 5.09 Å². The molecule has 0 radical (unpaired) electrons. The van der Waals surface area contributed by atoms with Gasteiger partial charge in [-0.15, -0.1) is 12.3 Å². The molecule has 0 amide bonds. The molecule has 0 bridgehead atoms. The maximum absolute atomic E-state index is 12.9. The molecule has 0 saturated heterocycles. The van der Waals surface area contributed by atoms with Crippen molar-refractivity contribution in [2.45, 2.75) is 58.8 Å². The first-order chi connectivity index (χ1) is 12.7. The topological polar surface area (TPSA) is 109 Å². The number of aldehydes is 1. The van der Waals surface area contributed by atoms with E-state index in [4.69, 9.17) is 29.7 Å². The van der Waals surface area contributed by atoms with Gasteiger partial charge in [-0.3, -0.25) is 9.05 Å². The third-order valence-electron chi connectivity index (χ3n) is 3.05. The van der Waals surface area contributed by atoms with Crippen LogP contribution in [0.5, 0.6) is 0 Å². The van der Waals surface area contributed by atoms with Crippen molar-refractivity contribution in [3.05, 3.63) is 0 Å². The summed E-state index contributed by atoms with van der Waals surface area (Å²) in [6.07, 6.45) is 4.62. The number of hydrogen-bond acceptors (Lipinski definition) is 8. The Kier molecular flexibility index (Phi) is 13.0. The number of hydrogen-bond donors (Lipinski definition) is 1. The molecule has 0 fully saturated rings. The van der Waals surface area contributed by atoms with E-state index < -0.39 is 32.8 Å². The molecule has 0 aromatic rings. The highest BCUT2D eigenvalue weighted by molar-refractivity contribution is 7.51. The number of nitrogens with one attached hydrogen (secondary N) is 1. The lowest BCUT2D eigenvalue weighted by molar-refractivity contribution is -0.109. The quantitative estimate of drug-likeness (QED) is 0.153. The molecular formula is C17H30NO8P. The van der Waals surface area contributed by atoms with Crippen molar-refractivity contribution >= 4 is 20.2 Å². The zero-order valence-corrected chi connectivity index (χ0v) is 17.4. The second-order valence-corrected chi connectivity index (χ2v) is 8.14. The molecular weight excluding hydrogens is 377 g/mol. The Morgan fingerprint density at radius 3 is 2.41 bits per heavy atom. The SMILES string of the molecule is C#CC[C@@H](COP(=O)(N[C@H](C=O)CC(C)C)OCOC(=O)OC(C)C)OC. The lowest BCUT2D eigenvalue weighted by Crippen LogP contribution is -2.32. The van der Waals surface area contributed by atoms with Crippen LogP contribution in [0.15, 0.2) is 0 Å². The molecule has 156 valence electrons. The van der Waals surface area contributed by atoms with E-state index in [2.05, 4.69) is 11.0 Å². The molecule has 1 unspecified atom stereocenters. The first-order valence-corrected chi connectivity index (χ1v) is 10.1. The van der Waals surface area contributed by atoms with E-state index in [1.54, 1.807) is 13.8 Å². The fourth-order valence-corrected chi connectivity index (χ4v) is 3.20. The molecule has 0 aliphatic heterocycles. The summed E-state index contributed by atoms with van der Waals surface area (Å²) in [6, 6.07) is -0.771. The smallest absolute Gasteiger partial charge is 0.432 e. The lowest BCUT2D eigenvalue weighted by atomic mass is 10.1. The first kappa shape index (κ1) is 25.6. The largest absolute Gasteiger partial charge is 0.510 e. The predicted molar refractivity (Wildman–Crippen MR) is 98.9 cm³/mol. The molecule has 0 rings (SSSR count). The van der Waals surface area contributed by atoms with Crippen LogP contribution < -0.4 is 5.09 Å². The minimum atomic E-state index is -3.99. The van der Waals surface area contributed by atoms with Crippen LogP contribution in [0.1, 0.15) is 40.5 Å². The van der Waals surface area contributed by atoms with E-state index >= 15 is 0 Å². The highest BCUT2D eigenvalue weighted by Gasteiger charge is 2.31. The number of rotatable bonds is 14. The number of ether oxygens (including phenoxy) is 3. The molecule has 0 spiro atoms.